The summed E-state index contributed by atoms with van der Waals surface area (Å²) in [5, 5.41) is 2.92. The molecule has 134 valence electrons. The summed E-state index contributed by atoms with van der Waals surface area (Å²) in [6.45, 7) is 0.799. The van der Waals surface area contributed by atoms with Crippen LogP contribution in [0.2, 0.25) is 0 Å². The Morgan fingerprint density at radius 3 is 2.50 bits per heavy atom. The van der Waals surface area contributed by atoms with Gasteiger partial charge in [-0.3, -0.25) is 4.79 Å². The standard InChI is InChI=1S/C15H21IN2O5S/c1-22-13-7-11(12(16)8-14(13)23-2)15(19)17-10-5-4-6-18(9-10)24(3,20)21/h7-8,10H,4-6,9H2,1-3H3,(H,17,19). The largest absolute Gasteiger partial charge is 0.493 e. The fourth-order valence-electron chi connectivity index (χ4n) is 2.65. The molecule has 1 N–H and O–H groups in total. The SMILES string of the molecule is COc1cc(I)c(C(=O)NC2CCCN(S(C)(=O)=O)C2)cc1OC. The minimum Gasteiger partial charge on any atom is -0.493 e. The Hall–Kier alpha value is -1.07. The number of benzene rings is 1. The van der Waals surface area contributed by atoms with E-state index >= 15 is 0 Å². The maximum absolute atomic E-state index is 12.6. The van der Waals surface area contributed by atoms with Gasteiger partial charge >= 0.3 is 0 Å². The van der Waals surface area contributed by atoms with Gasteiger partial charge in [0.25, 0.3) is 5.91 Å². The van der Waals surface area contributed by atoms with Crippen molar-refractivity contribution in [1.82, 2.24) is 9.62 Å². The molecule has 1 aliphatic rings. The molecule has 0 aromatic heterocycles. The van der Waals surface area contributed by atoms with Crippen LogP contribution in [0.5, 0.6) is 11.5 Å². The number of ether oxygens (including phenoxy) is 2. The van der Waals surface area contributed by atoms with E-state index in [0.29, 0.717) is 30.2 Å². The molecule has 7 nitrogen and oxygen atoms in total. The molecule has 1 heterocycles. The van der Waals surface area contributed by atoms with Crippen molar-refractivity contribution in [2.75, 3.05) is 33.6 Å². The maximum atomic E-state index is 12.6. The van der Waals surface area contributed by atoms with Crippen LogP contribution in [0.1, 0.15) is 23.2 Å². The van der Waals surface area contributed by atoms with E-state index in [0.717, 1.165) is 16.4 Å². The van der Waals surface area contributed by atoms with Crippen LogP contribution >= 0.6 is 22.6 Å². The van der Waals surface area contributed by atoms with E-state index in [9.17, 15) is 13.2 Å². The number of halogens is 1. The van der Waals surface area contributed by atoms with Crippen LogP contribution in [0.3, 0.4) is 0 Å². The monoisotopic (exact) mass is 468 g/mol. The van der Waals surface area contributed by atoms with E-state index in [1.54, 1.807) is 12.1 Å². The lowest BCUT2D eigenvalue weighted by atomic mass is 10.1. The number of sulfonamides is 1. The van der Waals surface area contributed by atoms with Crippen molar-refractivity contribution < 1.29 is 22.7 Å². The van der Waals surface area contributed by atoms with E-state index in [4.69, 9.17) is 9.47 Å². The molecule has 0 spiro atoms. The van der Waals surface area contributed by atoms with Crippen molar-refractivity contribution in [1.29, 1.82) is 0 Å². The van der Waals surface area contributed by atoms with Gasteiger partial charge in [-0.05, 0) is 47.6 Å². The van der Waals surface area contributed by atoms with Gasteiger partial charge in [-0.1, -0.05) is 0 Å². The highest BCUT2D eigenvalue weighted by Crippen LogP contribution is 2.31. The molecule has 24 heavy (non-hydrogen) atoms. The second kappa shape index (κ2) is 7.87. The Bertz CT molecular complexity index is 723. The average Bonchev–Trinajstić information content (AvgIpc) is 2.53. The van der Waals surface area contributed by atoms with Gasteiger partial charge in [-0.15, -0.1) is 0 Å². The van der Waals surface area contributed by atoms with Crippen LogP contribution in [0.15, 0.2) is 12.1 Å². The van der Waals surface area contributed by atoms with Gasteiger partial charge in [0, 0.05) is 22.7 Å². The lowest BCUT2D eigenvalue weighted by Gasteiger charge is -2.31. The third-order valence-electron chi connectivity index (χ3n) is 3.91. The number of nitrogens with one attached hydrogen (secondary N) is 1. The molecule has 2 rings (SSSR count). The predicted molar refractivity (Wildman–Crippen MR) is 99.2 cm³/mol. The number of amides is 1. The Balaban J connectivity index is 2.15. The molecule has 1 aromatic carbocycles. The zero-order valence-corrected chi connectivity index (χ0v) is 16.8. The highest BCUT2D eigenvalue weighted by atomic mass is 127. The molecule has 1 fully saturated rings. The van der Waals surface area contributed by atoms with Crippen LogP contribution in [0.4, 0.5) is 0 Å². The molecule has 1 unspecified atom stereocenters. The molecule has 1 aliphatic heterocycles. The summed E-state index contributed by atoms with van der Waals surface area (Å²) in [7, 11) is -0.194. The van der Waals surface area contributed by atoms with Crippen molar-refractivity contribution in [3.05, 3.63) is 21.3 Å². The Morgan fingerprint density at radius 2 is 1.92 bits per heavy atom. The van der Waals surface area contributed by atoms with Gasteiger partial charge in [0.1, 0.15) is 0 Å². The van der Waals surface area contributed by atoms with Crippen LogP contribution < -0.4 is 14.8 Å². The summed E-state index contributed by atoms with van der Waals surface area (Å²) < 4.78 is 35.9. The smallest absolute Gasteiger partial charge is 0.252 e. The average molecular weight is 468 g/mol. The highest BCUT2D eigenvalue weighted by molar-refractivity contribution is 14.1. The molecule has 1 saturated heterocycles. The lowest BCUT2D eigenvalue weighted by molar-refractivity contribution is 0.0920. The second-order valence-corrected chi connectivity index (χ2v) is 8.77. The van der Waals surface area contributed by atoms with Crippen LogP contribution in [0, 0.1) is 3.57 Å². The summed E-state index contributed by atoms with van der Waals surface area (Å²) in [6, 6.07) is 3.16. The second-order valence-electron chi connectivity index (χ2n) is 5.62. The van der Waals surface area contributed by atoms with Gasteiger partial charge in [-0.2, -0.15) is 0 Å². The van der Waals surface area contributed by atoms with Crippen LogP contribution in [0.25, 0.3) is 0 Å². The van der Waals surface area contributed by atoms with E-state index in [2.05, 4.69) is 27.9 Å². The van der Waals surface area contributed by atoms with Gasteiger partial charge in [-0.25, -0.2) is 12.7 Å². The van der Waals surface area contributed by atoms with Gasteiger partial charge in [0.15, 0.2) is 11.5 Å². The summed E-state index contributed by atoms with van der Waals surface area (Å²) in [4.78, 5) is 12.6. The molecular formula is C15H21IN2O5S. The number of methoxy groups -OCH3 is 2. The lowest BCUT2D eigenvalue weighted by Crippen LogP contribution is -2.49. The molecule has 9 heteroatoms. The zero-order chi connectivity index (χ0) is 17.9. The topological polar surface area (TPSA) is 84.9 Å². The molecule has 1 atom stereocenters. The fraction of sp³-hybridized carbons (Fsp3) is 0.533. The van der Waals surface area contributed by atoms with Crippen molar-refractivity contribution in [2.45, 2.75) is 18.9 Å². The summed E-state index contributed by atoms with van der Waals surface area (Å²) >= 11 is 2.07. The van der Waals surface area contributed by atoms with E-state index < -0.39 is 10.0 Å². The van der Waals surface area contributed by atoms with Crippen LogP contribution in [-0.2, 0) is 10.0 Å². The van der Waals surface area contributed by atoms with Crippen molar-refractivity contribution in [2.24, 2.45) is 0 Å². The minimum absolute atomic E-state index is 0.204. The van der Waals surface area contributed by atoms with E-state index in [1.807, 2.05) is 0 Å². The Morgan fingerprint density at radius 1 is 1.29 bits per heavy atom. The first-order valence-electron chi connectivity index (χ1n) is 7.43. The molecule has 0 saturated carbocycles. The summed E-state index contributed by atoms with van der Waals surface area (Å²) in [5.41, 5.74) is 0.477. The van der Waals surface area contributed by atoms with Crippen molar-refractivity contribution >= 4 is 38.5 Å². The summed E-state index contributed by atoms with van der Waals surface area (Å²) in [5.74, 6) is 0.782. The van der Waals surface area contributed by atoms with Gasteiger partial charge < -0.3 is 14.8 Å². The molecule has 1 amide bonds. The third kappa shape index (κ3) is 4.51. The van der Waals surface area contributed by atoms with E-state index in [1.165, 1.54) is 24.8 Å². The minimum atomic E-state index is -3.24. The number of piperidine rings is 1. The van der Waals surface area contributed by atoms with Gasteiger partial charge in [0.05, 0.1) is 26.0 Å². The van der Waals surface area contributed by atoms with E-state index in [-0.39, 0.29) is 11.9 Å². The predicted octanol–water partition coefficient (Wildman–Crippen LogP) is 1.46. The number of nitrogens with zero attached hydrogens (tertiary/aromatic N) is 1. The number of rotatable bonds is 5. The maximum Gasteiger partial charge on any atom is 0.252 e. The number of hydrogen-bond acceptors (Lipinski definition) is 5. The fourth-order valence-corrected chi connectivity index (χ4v) is 4.25. The molecule has 0 bridgehead atoms. The number of carbonyl (C=O) groups excluding carboxylic acids is 1. The first-order valence-corrected chi connectivity index (χ1v) is 10.4. The molecular weight excluding hydrogens is 447 g/mol. The van der Waals surface area contributed by atoms with Gasteiger partial charge in [0.2, 0.25) is 10.0 Å². The Kier molecular flexibility index (Phi) is 6.32. The zero-order valence-electron chi connectivity index (χ0n) is 13.8. The molecule has 1 aromatic rings. The first-order chi connectivity index (χ1) is 11.3. The highest BCUT2D eigenvalue weighted by Gasteiger charge is 2.27. The molecule has 0 radical (unpaired) electrons. The quantitative estimate of drug-likeness (QED) is 0.662. The van der Waals surface area contributed by atoms with Crippen molar-refractivity contribution in [3.8, 4) is 11.5 Å². The Labute approximate surface area is 155 Å². The first kappa shape index (κ1) is 19.3. The number of hydrogen-bond donors (Lipinski definition) is 1. The summed E-state index contributed by atoms with van der Waals surface area (Å²) in [6.07, 6.45) is 2.66. The molecule has 0 aliphatic carbocycles. The number of carbonyl (C=O) groups is 1. The third-order valence-corrected chi connectivity index (χ3v) is 6.07. The van der Waals surface area contributed by atoms with Crippen LogP contribution in [-0.4, -0.2) is 58.2 Å². The van der Waals surface area contributed by atoms with Crippen molar-refractivity contribution in [3.63, 3.8) is 0 Å². The normalized spacial score (nSPS) is 18.9.